The maximum Gasteiger partial charge on any atom is 0.407 e. The number of carbonyl (C=O) groups is 2. The highest BCUT2D eigenvalue weighted by molar-refractivity contribution is 6.35. The number of carbonyl (C=O) groups excluding carboxylic acids is 1. The maximum atomic E-state index is 12.9. The molecule has 3 heterocycles. The van der Waals surface area contributed by atoms with E-state index in [1.165, 1.54) is 4.90 Å². The molecule has 2 aliphatic heterocycles. The smallest absolute Gasteiger partial charge is 0.407 e. The van der Waals surface area contributed by atoms with Crippen molar-refractivity contribution in [2.24, 2.45) is 0 Å². The summed E-state index contributed by atoms with van der Waals surface area (Å²) in [5, 5.41) is 14.2. The van der Waals surface area contributed by atoms with E-state index in [2.05, 4.69) is 15.3 Å². The molecule has 2 saturated heterocycles. The number of aromatic nitrogens is 2. The topological polar surface area (TPSA) is 98.7 Å². The van der Waals surface area contributed by atoms with Crippen LogP contribution < -0.4 is 5.32 Å². The van der Waals surface area contributed by atoms with Gasteiger partial charge in [0, 0.05) is 35.6 Å². The van der Waals surface area contributed by atoms with E-state index in [0.29, 0.717) is 72.0 Å². The predicted molar refractivity (Wildman–Crippen MR) is 132 cm³/mol. The lowest BCUT2D eigenvalue weighted by Crippen LogP contribution is -2.49. The lowest BCUT2D eigenvalue weighted by atomic mass is 9.95. The normalized spacial score (nSPS) is 19.8. The number of halogens is 3. The monoisotopic (exact) mass is 525 g/mol. The number of hydrogen-bond acceptors (Lipinski definition) is 5. The van der Waals surface area contributed by atoms with E-state index >= 15 is 0 Å². The number of nitrogens with one attached hydrogen (secondary N) is 1. The molecule has 2 aliphatic rings. The molecule has 4 rings (SSSR count). The molecule has 1 unspecified atom stereocenters. The van der Waals surface area contributed by atoms with Crippen molar-refractivity contribution < 1.29 is 14.7 Å². The average molecular weight is 527 g/mol. The summed E-state index contributed by atoms with van der Waals surface area (Å²) in [6.07, 6.45) is 3.25. The van der Waals surface area contributed by atoms with Crippen LogP contribution in [0, 0.1) is 0 Å². The minimum Gasteiger partial charge on any atom is -0.465 e. The summed E-state index contributed by atoms with van der Waals surface area (Å²) in [6, 6.07) is 4.61. The van der Waals surface area contributed by atoms with Crippen LogP contribution in [-0.4, -0.2) is 62.6 Å². The van der Waals surface area contributed by atoms with Crippen molar-refractivity contribution >= 4 is 52.6 Å². The van der Waals surface area contributed by atoms with Crippen molar-refractivity contribution in [3.63, 3.8) is 0 Å². The third kappa shape index (κ3) is 5.34. The summed E-state index contributed by atoms with van der Waals surface area (Å²) in [5.74, 6) is 1.16. The van der Waals surface area contributed by atoms with Crippen LogP contribution in [0.4, 0.5) is 10.6 Å². The Kier molecular flexibility index (Phi) is 7.70. The van der Waals surface area contributed by atoms with Crippen LogP contribution in [0.3, 0.4) is 0 Å². The maximum absolute atomic E-state index is 12.9. The number of rotatable bonds is 5. The minimum absolute atomic E-state index is 0.0791. The molecule has 182 valence electrons. The second-order valence-electron chi connectivity index (χ2n) is 8.69. The molecule has 8 nitrogen and oxygen atoms in total. The molecule has 1 aromatic carbocycles. The molecule has 2 aromatic rings. The van der Waals surface area contributed by atoms with Crippen molar-refractivity contribution in [1.82, 2.24) is 19.8 Å². The second kappa shape index (κ2) is 10.5. The molecule has 0 bridgehead atoms. The Morgan fingerprint density at radius 2 is 1.85 bits per heavy atom. The Balaban J connectivity index is 1.40. The molecule has 1 aromatic heterocycles. The molecule has 2 atom stereocenters. The van der Waals surface area contributed by atoms with Gasteiger partial charge in [-0.25, -0.2) is 14.8 Å². The lowest BCUT2D eigenvalue weighted by Gasteiger charge is -2.34. The Labute approximate surface area is 213 Å². The summed E-state index contributed by atoms with van der Waals surface area (Å²) in [5.41, 5.74) is 0.872. The van der Waals surface area contributed by atoms with Gasteiger partial charge in [0.25, 0.3) is 0 Å². The third-order valence-electron chi connectivity index (χ3n) is 6.50. The molecule has 0 aliphatic carbocycles. The quantitative estimate of drug-likeness (QED) is 0.537. The van der Waals surface area contributed by atoms with Crippen LogP contribution in [0.2, 0.25) is 15.1 Å². The zero-order valence-electron chi connectivity index (χ0n) is 18.7. The predicted octanol–water partition coefficient (Wildman–Crippen LogP) is 5.46. The third-order valence-corrected chi connectivity index (χ3v) is 7.34. The first-order chi connectivity index (χ1) is 16.2. The van der Waals surface area contributed by atoms with Crippen molar-refractivity contribution in [1.29, 1.82) is 0 Å². The fourth-order valence-electron chi connectivity index (χ4n) is 4.64. The molecule has 34 heavy (non-hydrogen) atoms. The highest BCUT2D eigenvalue weighted by atomic mass is 35.5. The van der Waals surface area contributed by atoms with Gasteiger partial charge in [0.1, 0.15) is 22.7 Å². The van der Waals surface area contributed by atoms with Crippen molar-refractivity contribution in [3.8, 4) is 0 Å². The molecule has 0 spiro atoms. The van der Waals surface area contributed by atoms with Gasteiger partial charge in [0.2, 0.25) is 5.91 Å². The number of carboxylic acid groups (broad SMARTS) is 1. The van der Waals surface area contributed by atoms with Gasteiger partial charge in [-0.2, -0.15) is 0 Å². The van der Waals surface area contributed by atoms with E-state index < -0.39 is 12.1 Å². The van der Waals surface area contributed by atoms with Gasteiger partial charge in [-0.15, -0.1) is 0 Å². The van der Waals surface area contributed by atoms with Crippen LogP contribution in [0.25, 0.3) is 0 Å². The Hall–Kier alpha value is -2.29. The molecule has 2 amide bonds. The highest BCUT2D eigenvalue weighted by Gasteiger charge is 2.38. The number of benzene rings is 1. The molecule has 11 heteroatoms. The summed E-state index contributed by atoms with van der Waals surface area (Å²) >= 11 is 18.7. The van der Waals surface area contributed by atoms with E-state index in [-0.39, 0.29) is 17.9 Å². The lowest BCUT2D eigenvalue weighted by molar-refractivity contribution is -0.136. The van der Waals surface area contributed by atoms with Crippen molar-refractivity contribution in [2.75, 3.05) is 25.0 Å². The van der Waals surface area contributed by atoms with Crippen molar-refractivity contribution in [2.45, 2.75) is 50.6 Å². The van der Waals surface area contributed by atoms with E-state index in [0.717, 1.165) is 5.56 Å². The van der Waals surface area contributed by atoms with Gasteiger partial charge >= 0.3 is 6.09 Å². The van der Waals surface area contributed by atoms with Gasteiger partial charge in [0.15, 0.2) is 0 Å². The van der Waals surface area contributed by atoms with Crippen LogP contribution in [0.5, 0.6) is 0 Å². The molecule has 2 N–H and O–H groups in total. The first-order valence-corrected chi connectivity index (χ1v) is 12.4. The molecular formula is C23H26Cl3N5O3. The molecular weight excluding hydrogens is 501 g/mol. The number of anilines is 1. The Bertz CT molecular complexity index is 1080. The van der Waals surface area contributed by atoms with E-state index in [1.807, 2.05) is 13.0 Å². The summed E-state index contributed by atoms with van der Waals surface area (Å²) in [4.78, 5) is 36.4. The van der Waals surface area contributed by atoms with Crippen LogP contribution in [0.1, 0.15) is 56.0 Å². The fourth-order valence-corrected chi connectivity index (χ4v) is 5.35. The fraction of sp³-hybridized carbons (Fsp3) is 0.478. The molecule has 0 saturated carbocycles. The number of amides is 2. The Morgan fingerprint density at radius 3 is 2.53 bits per heavy atom. The van der Waals surface area contributed by atoms with Gasteiger partial charge in [-0.05, 0) is 50.3 Å². The van der Waals surface area contributed by atoms with Crippen LogP contribution >= 0.6 is 34.8 Å². The molecule has 0 radical (unpaired) electrons. The van der Waals surface area contributed by atoms with Gasteiger partial charge in [-0.1, -0.05) is 40.9 Å². The number of hydrogen-bond donors (Lipinski definition) is 2. The van der Waals surface area contributed by atoms with Crippen LogP contribution in [-0.2, 0) is 4.79 Å². The SMILES string of the molecule is C[C@@H](Nc1nc(C2CCN(C(=O)C3CCCN3C(=O)O)CC2)ncc1Cl)c1ccc(Cl)cc1Cl. The first-order valence-electron chi connectivity index (χ1n) is 11.3. The van der Waals surface area contributed by atoms with Crippen molar-refractivity contribution in [3.05, 3.63) is 50.9 Å². The number of likely N-dealkylation sites (tertiary alicyclic amines) is 2. The summed E-state index contributed by atoms with van der Waals surface area (Å²) in [7, 11) is 0. The van der Waals surface area contributed by atoms with Gasteiger partial charge in [-0.3, -0.25) is 9.69 Å². The van der Waals surface area contributed by atoms with E-state index in [4.69, 9.17) is 34.8 Å². The van der Waals surface area contributed by atoms with Crippen LogP contribution in [0.15, 0.2) is 24.4 Å². The average Bonchev–Trinajstić information content (AvgIpc) is 3.30. The summed E-state index contributed by atoms with van der Waals surface area (Å²) in [6.45, 7) is 3.45. The Morgan fingerprint density at radius 1 is 1.12 bits per heavy atom. The van der Waals surface area contributed by atoms with Gasteiger partial charge in [0.05, 0.1) is 12.2 Å². The molecule has 2 fully saturated rings. The number of piperidine rings is 1. The highest BCUT2D eigenvalue weighted by Crippen LogP contribution is 2.33. The first kappa shape index (κ1) is 24.8. The number of nitrogens with zero attached hydrogens (tertiary/aromatic N) is 4. The summed E-state index contributed by atoms with van der Waals surface area (Å²) < 4.78 is 0. The van der Waals surface area contributed by atoms with E-state index in [9.17, 15) is 14.7 Å². The standard InChI is InChI=1S/C23H26Cl3N5O3/c1-13(16-5-4-15(24)11-17(16)25)28-21-18(26)12-27-20(29-21)14-6-9-30(10-7-14)22(32)19-3-2-8-31(19)23(33)34/h4-5,11-14,19H,2-3,6-10H2,1H3,(H,33,34)(H,27,28,29)/t13-,19?/m1/s1. The largest absolute Gasteiger partial charge is 0.465 e. The van der Waals surface area contributed by atoms with E-state index in [1.54, 1.807) is 23.2 Å². The zero-order chi connectivity index (χ0) is 24.4. The zero-order valence-corrected chi connectivity index (χ0v) is 20.9. The minimum atomic E-state index is -1.03. The second-order valence-corrected chi connectivity index (χ2v) is 9.94. The van der Waals surface area contributed by atoms with Gasteiger partial charge < -0.3 is 15.3 Å².